The number of benzene rings is 2. The van der Waals surface area contributed by atoms with E-state index >= 15 is 0 Å². The molecule has 3 rings (SSSR count). The Morgan fingerprint density at radius 1 is 0.958 bits per heavy atom. The van der Waals surface area contributed by atoms with Crippen molar-refractivity contribution in [3.05, 3.63) is 53.7 Å². The zero-order chi connectivity index (χ0) is 17.1. The van der Waals surface area contributed by atoms with Gasteiger partial charge in [-0.3, -0.25) is 0 Å². The fraction of sp³-hybridized carbons (Fsp3) is 0.111. The van der Waals surface area contributed by atoms with Gasteiger partial charge in [0, 0.05) is 28.4 Å². The Bertz CT molecular complexity index is 867. The highest BCUT2D eigenvalue weighted by Crippen LogP contribution is 2.38. The van der Waals surface area contributed by atoms with Crippen molar-refractivity contribution in [2.75, 3.05) is 20.0 Å². The topological polar surface area (TPSA) is 70.3 Å². The van der Waals surface area contributed by atoms with Crippen molar-refractivity contribution in [2.24, 2.45) is 0 Å². The van der Waals surface area contributed by atoms with Crippen molar-refractivity contribution in [1.82, 2.24) is 9.97 Å². The predicted molar refractivity (Wildman–Crippen MR) is 95.4 cm³/mol. The molecule has 6 heteroatoms. The van der Waals surface area contributed by atoms with Crippen molar-refractivity contribution in [2.45, 2.75) is 0 Å². The summed E-state index contributed by atoms with van der Waals surface area (Å²) in [6.07, 6.45) is 1.70. The van der Waals surface area contributed by atoms with Crippen LogP contribution < -0.4 is 15.2 Å². The Balaban J connectivity index is 2.21. The molecule has 0 aliphatic heterocycles. The second-order valence-corrected chi connectivity index (χ2v) is 5.50. The number of ether oxygens (including phenoxy) is 2. The lowest BCUT2D eigenvalue weighted by Crippen LogP contribution is -2.00. The molecule has 1 heterocycles. The van der Waals surface area contributed by atoms with Crippen LogP contribution in [-0.2, 0) is 0 Å². The first-order chi connectivity index (χ1) is 11.6. The highest BCUT2D eigenvalue weighted by Gasteiger charge is 2.15. The number of rotatable bonds is 4. The molecule has 0 aliphatic rings. The summed E-state index contributed by atoms with van der Waals surface area (Å²) < 4.78 is 10.7. The minimum Gasteiger partial charge on any atom is -0.497 e. The van der Waals surface area contributed by atoms with Gasteiger partial charge in [0.05, 0.1) is 19.9 Å². The first-order valence-corrected chi connectivity index (χ1v) is 7.61. The average molecular weight is 342 g/mol. The molecule has 0 radical (unpaired) electrons. The smallest absolute Gasteiger partial charge is 0.220 e. The molecular weight excluding hydrogens is 326 g/mol. The quantitative estimate of drug-likeness (QED) is 0.774. The van der Waals surface area contributed by atoms with Crippen LogP contribution in [0.5, 0.6) is 11.5 Å². The van der Waals surface area contributed by atoms with E-state index in [0.29, 0.717) is 22.2 Å². The Kier molecular flexibility index (Phi) is 4.53. The Labute approximate surface area is 145 Å². The molecule has 3 aromatic rings. The average Bonchev–Trinajstić information content (AvgIpc) is 2.62. The summed E-state index contributed by atoms with van der Waals surface area (Å²) in [4.78, 5) is 8.54. The van der Waals surface area contributed by atoms with Crippen LogP contribution in [0.1, 0.15) is 0 Å². The van der Waals surface area contributed by atoms with E-state index < -0.39 is 0 Å². The number of hydrogen-bond donors (Lipinski definition) is 1. The van der Waals surface area contributed by atoms with Gasteiger partial charge < -0.3 is 15.2 Å². The van der Waals surface area contributed by atoms with Gasteiger partial charge in [-0.1, -0.05) is 23.7 Å². The number of methoxy groups -OCH3 is 2. The Hall–Kier alpha value is -2.79. The standard InChI is InChI=1S/C18H16ClN3O2/c1-23-13-7-8-14(16(9-13)24-2)17-15(10-21-18(20)22-17)11-3-5-12(19)6-4-11/h3-10H,1-2H3,(H2,20,21,22). The van der Waals surface area contributed by atoms with Crippen LogP contribution in [0.4, 0.5) is 5.95 Å². The summed E-state index contributed by atoms with van der Waals surface area (Å²) in [5, 5.41) is 0.665. The summed E-state index contributed by atoms with van der Waals surface area (Å²) >= 11 is 5.98. The van der Waals surface area contributed by atoms with Crippen LogP contribution in [-0.4, -0.2) is 24.2 Å². The summed E-state index contributed by atoms with van der Waals surface area (Å²) in [5.74, 6) is 1.54. The molecule has 2 N–H and O–H groups in total. The molecule has 0 fully saturated rings. The maximum Gasteiger partial charge on any atom is 0.220 e. The fourth-order valence-corrected chi connectivity index (χ4v) is 2.56. The zero-order valence-corrected chi connectivity index (χ0v) is 14.0. The molecule has 0 saturated heterocycles. The van der Waals surface area contributed by atoms with Gasteiger partial charge in [-0.25, -0.2) is 9.97 Å². The van der Waals surface area contributed by atoms with Gasteiger partial charge in [-0.2, -0.15) is 0 Å². The van der Waals surface area contributed by atoms with Crippen molar-refractivity contribution >= 4 is 17.5 Å². The highest BCUT2D eigenvalue weighted by molar-refractivity contribution is 6.30. The summed E-state index contributed by atoms with van der Waals surface area (Å²) in [5.41, 5.74) is 9.07. The number of nitrogens with zero attached hydrogens (tertiary/aromatic N) is 2. The number of nitrogen functional groups attached to an aromatic ring is 1. The number of nitrogens with two attached hydrogens (primary N) is 1. The third-order valence-corrected chi connectivity index (χ3v) is 3.88. The number of anilines is 1. The van der Waals surface area contributed by atoms with Crippen LogP contribution in [0.2, 0.25) is 5.02 Å². The van der Waals surface area contributed by atoms with E-state index in [2.05, 4.69) is 9.97 Å². The number of hydrogen-bond acceptors (Lipinski definition) is 5. The molecule has 0 spiro atoms. The lowest BCUT2D eigenvalue weighted by Gasteiger charge is -2.14. The van der Waals surface area contributed by atoms with Crippen molar-refractivity contribution in [1.29, 1.82) is 0 Å². The zero-order valence-electron chi connectivity index (χ0n) is 13.3. The molecule has 5 nitrogen and oxygen atoms in total. The molecular formula is C18H16ClN3O2. The third-order valence-electron chi connectivity index (χ3n) is 3.63. The normalized spacial score (nSPS) is 10.5. The lowest BCUT2D eigenvalue weighted by atomic mass is 10.00. The minimum atomic E-state index is 0.195. The lowest BCUT2D eigenvalue weighted by molar-refractivity contribution is 0.395. The monoisotopic (exact) mass is 341 g/mol. The van der Waals surface area contributed by atoms with Crippen LogP contribution in [0.15, 0.2) is 48.7 Å². The summed E-state index contributed by atoms with van der Waals surface area (Å²) in [6, 6.07) is 13.0. The third kappa shape index (κ3) is 3.12. The number of aromatic nitrogens is 2. The number of halogens is 1. The largest absolute Gasteiger partial charge is 0.497 e. The molecule has 2 aromatic carbocycles. The molecule has 0 aliphatic carbocycles. The van der Waals surface area contributed by atoms with Crippen LogP contribution in [0.3, 0.4) is 0 Å². The van der Waals surface area contributed by atoms with E-state index in [1.54, 1.807) is 26.5 Å². The van der Waals surface area contributed by atoms with Gasteiger partial charge in [0.15, 0.2) is 0 Å². The van der Waals surface area contributed by atoms with E-state index in [-0.39, 0.29) is 5.95 Å². The van der Waals surface area contributed by atoms with Crippen molar-refractivity contribution in [3.8, 4) is 33.9 Å². The molecule has 0 atom stereocenters. The van der Waals surface area contributed by atoms with Gasteiger partial charge in [0.1, 0.15) is 11.5 Å². The van der Waals surface area contributed by atoms with Gasteiger partial charge >= 0.3 is 0 Å². The van der Waals surface area contributed by atoms with E-state index in [4.69, 9.17) is 26.8 Å². The maximum atomic E-state index is 5.98. The molecule has 0 unspecified atom stereocenters. The van der Waals surface area contributed by atoms with E-state index in [9.17, 15) is 0 Å². The van der Waals surface area contributed by atoms with Crippen LogP contribution >= 0.6 is 11.6 Å². The van der Waals surface area contributed by atoms with Crippen LogP contribution in [0.25, 0.3) is 22.4 Å². The SMILES string of the molecule is COc1ccc(-c2nc(N)ncc2-c2ccc(Cl)cc2)c(OC)c1. The maximum absolute atomic E-state index is 5.98. The van der Waals surface area contributed by atoms with Gasteiger partial charge in [-0.05, 0) is 29.8 Å². The first kappa shape index (κ1) is 16.1. The molecule has 122 valence electrons. The van der Waals surface area contributed by atoms with Gasteiger partial charge in [0.2, 0.25) is 5.95 Å². The molecule has 0 saturated carbocycles. The summed E-state index contributed by atoms with van der Waals surface area (Å²) in [6.45, 7) is 0. The second-order valence-electron chi connectivity index (χ2n) is 5.06. The fourth-order valence-electron chi connectivity index (χ4n) is 2.44. The Morgan fingerprint density at radius 3 is 2.38 bits per heavy atom. The van der Waals surface area contributed by atoms with Gasteiger partial charge in [-0.15, -0.1) is 0 Å². The van der Waals surface area contributed by atoms with Crippen molar-refractivity contribution < 1.29 is 9.47 Å². The first-order valence-electron chi connectivity index (χ1n) is 7.23. The van der Waals surface area contributed by atoms with Crippen molar-refractivity contribution in [3.63, 3.8) is 0 Å². The van der Waals surface area contributed by atoms with E-state index in [1.165, 1.54) is 0 Å². The Morgan fingerprint density at radius 2 is 1.71 bits per heavy atom. The second kappa shape index (κ2) is 6.76. The predicted octanol–water partition coefficient (Wildman–Crippen LogP) is 4.06. The van der Waals surface area contributed by atoms with Gasteiger partial charge in [0.25, 0.3) is 0 Å². The molecule has 1 aromatic heterocycles. The highest BCUT2D eigenvalue weighted by atomic mass is 35.5. The van der Waals surface area contributed by atoms with E-state index in [0.717, 1.165) is 16.7 Å². The molecule has 24 heavy (non-hydrogen) atoms. The summed E-state index contributed by atoms with van der Waals surface area (Å²) in [7, 11) is 3.21. The molecule has 0 amide bonds. The van der Waals surface area contributed by atoms with E-state index in [1.807, 2.05) is 36.4 Å². The van der Waals surface area contributed by atoms with Crippen LogP contribution in [0, 0.1) is 0 Å². The minimum absolute atomic E-state index is 0.195. The molecule has 0 bridgehead atoms.